The molecule has 0 spiro atoms. The van der Waals surface area contributed by atoms with Crippen molar-refractivity contribution in [2.75, 3.05) is 52.9 Å². The molecule has 0 unspecified atom stereocenters. The number of phenolic OH excluding ortho intramolecular Hbond substituents is 4. The van der Waals surface area contributed by atoms with E-state index in [0.29, 0.717) is 0 Å². The average molecular weight is 1210 g/mol. The number of benzene rings is 4. The Hall–Kier alpha value is -6.84. The topological polar surface area (TPSA) is 591 Å². The summed E-state index contributed by atoms with van der Waals surface area (Å²) in [6.45, 7) is -6.45. The number of ether oxygens (including phenoxy) is 4. The van der Waals surface area contributed by atoms with Crippen LogP contribution in [0.25, 0.3) is 0 Å². The highest BCUT2D eigenvalue weighted by atomic mass is 16.6. The molecule has 0 amide bonds. The molecule has 16 atom stereocenters. The summed E-state index contributed by atoms with van der Waals surface area (Å²) >= 11 is 0. The van der Waals surface area contributed by atoms with Crippen LogP contribution in [0, 0.1) is 0 Å². The molecule has 0 heterocycles. The molecule has 0 aromatic heterocycles. The number of aliphatic hydroxyl groups is 20. The summed E-state index contributed by atoms with van der Waals surface area (Å²) in [4.78, 5) is 47.2. The first-order valence-electron chi connectivity index (χ1n) is 24.6. The van der Waals surface area contributed by atoms with Gasteiger partial charge in [-0.25, -0.2) is 19.2 Å². The van der Waals surface area contributed by atoms with E-state index in [2.05, 4.69) is 0 Å². The molecule has 0 radical (unpaired) electrons. The van der Waals surface area contributed by atoms with Crippen LogP contribution in [-0.2, 0) is 18.9 Å². The monoisotopic (exact) mass is 1210 g/mol. The van der Waals surface area contributed by atoms with Gasteiger partial charge >= 0.3 is 23.9 Å². The van der Waals surface area contributed by atoms with Gasteiger partial charge in [0.05, 0.1) is 75.1 Å². The number of carbonyl (C=O) groups excluding carboxylic acids is 4. The van der Waals surface area contributed by atoms with Gasteiger partial charge in [-0.05, 0) is 97.1 Å². The van der Waals surface area contributed by atoms with E-state index in [1.807, 2.05) is 0 Å². The minimum absolute atomic E-state index is 0.0358. The van der Waals surface area contributed by atoms with E-state index in [0.717, 1.165) is 0 Å². The largest absolute Gasteiger partial charge is 0.508 e. The van der Waals surface area contributed by atoms with E-state index in [-0.39, 0.29) is 45.3 Å². The van der Waals surface area contributed by atoms with E-state index < -0.39 is 174 Å². The predicted molar refractivity (Wildman–Crippen MR) is 278 cm³/mol. The maximum atomic E-state index is 11.9. The van der Waals surface area contributed by atoms with Gasteiger partial charge < -0.3 is 142 Å². The third-order valence-electron chi connectivity index (χ3n) is 11.4. The highest BCUT2D eigenvalue weighted by Crippen LogP contribution is 2.20. The molecule has 0 saturated carbocycles. The number of aliphatic hydroxyl groups excluding tert-OH is 20. The van der Waals surface area contributed by atoms with Crippen molar-refractivity contribution < 1.29 is 161 Å². The molecule has 4 aromatic carbocycles. The van der Waals surface area contributed by atoms with Crippen LogP contribution in [0.3, 0.4) is 0 Å². The van der Waals surface area contributed by atoms with Gasteiger partial charge in [-0.3, -0.25) is 0 Å². The Morgan fingerprint density at radius 2 is 0.452 bits per heavy atom. The Kier molecular flexibility index (Phi) is 34.8. The highest BCUT2D eigenvalue weighted by molar-refractivity contribution is 5.91. The number of rotatable bonds is 28. The minimum Gasteiger partial charge on any atom is -0.508 e. The van der Waals surface area contributed by atoms with Crippen LogP contribution in [0.4, 0.5) is 0 Å². The van der Waals surface area contributed by atoms with Crippen molar-refractivity contribution in [2.24, 2.45) is 0 Å². The van der Waals surface area contributed by atoms with Crippen molar-refractivity contribution >= 4 is 23.9 Å². The molecule has 0 aliphatic carbocycles. The summed E-state index contributed by atoms with van der Waals surface area (Å²) in [6.07, 6.45) is -26.8. The molecule has 0 bridgehead atoms. The molecule has 472 valence electrons. The van der Waals surface area contributed by atoms with Crippen molar-refractivity contribution in [2.45, 2.75) is 97.7 Å². The normalized spacial score (nSPS) is 16.8. The maximum absolute atomic E-state index is 11.9. The zero-order valence-electron chi connectivity index (χ0n) is 44.1. The smallest absolute Gasteiger partial charge is 0.338 e. The number of hydrogen-bond acceptors (Lipinski definition) is 32. The number of hydrogen-bond donors (Lipinski definition) is 24. The molecule has 0 fully saturated rings. The van der Waals surface area contributed by atoms with Crippen LogP contribution < -0.4 is 0 Å². The summed E-state index contributed by atoms with van der Waals surface area (Å²) in [7, 11) is 0. The predicted octanol–water partition coefficient (Wildman–Crippen LogP) is -8.06. The second-order valence-corrected chi connectivity index (χ2v) is 17.6. The molecular weight excluding hydrogens is 1140 g/mol. The fourth-order valence-corrected chi connectivity index (χ4v) is 6.34. The summed E-state index contributed by atoms with van der Waals surface area (Å²) in [5, 5.41) is 221. The lowest BCUT2D eigenvalue weighted by Crippen LogP contribution is -2.49. The average Bonchev–Trinajstić information content (AvgIpc) is 3.52. The summed E-state index contributed by atoms with van der Waals surface area (Å²) in [5.41, 5.74) is 0.202. The first-order valence-corrected chi connectivity index (χ1v) is 24.6. The minimum atomic E-state index is -1.79. The fraction of sp³-hybridized carbons (Fsp3) is 0.462. The zero-order chi connectivity index (χ0) is 64.0. The van der Waals surface area contributed by atoms with Crippen LogP contribution in [-0.4, -0.2) is 297 Å². The third-order valence-corrected chi connectivity index (χ3v) is 11.4. The van der Waals surface area contributed by atoms with E-state index in [1.54, 1.807) is 0 Å². The van der Waals surface area contributed by atoms with Crippen molar-refractivity contribution in [1.29, 1.82) is 0 Å². The van der Waals surface area contributed by atoms with Gasteiger partial charge in [0.15, 0.2) is 24.4 Å². The molecule has 4 aromatic rings. The highest BCUT2D eigenvalue weighted by Gasteiger charge is 2.38. The van der Waals surface area contributed by atoms with E-state index >= 15 is 0 Å². The van der Waals surface area contributed by atoms with Crippen molar-refractivity contribution in [3.05, 3.63) is 119 Å². The van der Waals surface area contributed by atoms with Gasteiger partial charge in [0, 0.05) is 0 Å². The van der Waals surface area contributed by atoms with Crippen LogP contribution in [0.15, 0.2) is 97.1 Å². The number of carbonyl (C=O) groups is 4. The van der Waals surface area contributed by atoms with E-state index in [1.165, 1.54) is 97.1 Å². The first kappa shape index (κ1) is 75.2. The summed E-state index contributed by atoms with van der Waals surface area (Å²) in [6, 6.07) is 20.1. The number of aromatic hydroxyl groups is 4. The van der Waals surface area contributed by atoms with Crippen LogP contribution in [0.2, 0.25) is 0 Å². The Morgan fingerprint density at radius 3 is 0.643 bits per heavy atom. The fourth-order valence-electron chi connectivity index (χ4n) is 6.34. The van der Waals surface area contributed by atoms with Crippen molar-refractivity contribution in [3.63, 3.8) is 0 Å². The van der Waals surface area contributed by atoms with E-state index in [4.69, 9.17) is 80.2 Å². The molecule has 0 saturated heterocycles. The molecule has 0 aliphatic heterocycles. The Balaban J connectivity index is 0.000000560. The Labute approximate surface area is 476 Å². The number of esters is 4. The van der Waals surface area contributed by atoms with Crippen molar-refractivity contribution in [3.8, 4) is 23.0 Å². The van der Waals surface area contributed by atoms with Crippen LogP contribution in [0.5, 0.6) is 23.0 Å². The van der Waals surface area contributed by atoms with Crippen molar-refractivity contribution in [1.82, 2.24) is 0 Å². The van der Waals surface area contributed by atoms with Gasteiger partial charge in [-0.1, -0.05) is 0 Å². The molecule has 32 heteroatoms. The van der Waals surface area contributed by atoms with Crippen LogP contribution in [0.1, 0.15) is 41.4 Å². The quantitative estimate of drug-likeness (QED) is 0.0185. The Bertz CT molecular complexity index is 2300. The number of phenols is 4. The molecular formula is C52H72O32. The van der Waals surface area contributed by atoms with Gasteiger partial charge in [0.2, 0.25) is 0 Å². The molecule has 4 rings (SSSR count). The molecule has 0 aliphatic rings. The first-order chi connectivity index (χ1) is 39.6. The summed E-state index contributed by atoms with van der Waals surface area (Å²) in [5.74, 6) is -3.87. The second kappa shape index (κ2) is 38.9. The zero-order valence-corrected chi connectivity index (χ0v) is 44.1. The van der Waals surface area contributed by atoms with Crippen LogP contribution >= 0.6 is 0 Å². The second-order valence-electron chi connectivity index (χ2n) is 17.6. The van der Waals surface area contributed by atoms with Gasteiger partial charge in [-0.15, -0.1) is 0 Å². The lowest BCUT2D eigenvalue weighted by Gasteiger charge is -2.28. The summed E-state index contributed by atoms with van der Waals surface area (Å²) < 4.78 is 19.4. The standard InChI is InChI=1S/4C13H18O8/c2*14-5-9(17)11(18)12(19)10(6-15)21-13(20)7-1-3-8(16)4-2-7;2*14-5-9(17)11(19)12(10(18)6-15)21-13(20)7-1-3-8(16)4-2-7/h4*1-4,9-12,14-19H,5-6H2/t9-,10-,11+,12-;9-,10-,11-,12+;9-,10-,11+,12-;9-,10-,11-,12+/m0000/s1. The SMILES string of the molecule is O=C(O[C@@H](CO)[C@@H](O)[C@@H](O)[C@@H](O)CO)c1ccc(O)cc1.O=C(O[C@@H](CO)[C@H](O)[C@H](O)[C@@H](O)CO)c1ccc(O)cc1.O=C(O[C@@H]([C@@H](O)[C@@H](O)CO)[C@@H](O)CO)c1ccc(O)cc1.O=C(O[C@H]([C@H](O)[C@@H](O)CO)[C@@H](O)CO)c1ccc(O)cc1. The molecule has 24 N–H and O–H groups in total. The van der Waals surface area contributed by atoms with Gasteiger partial charge in [-0.2, -0.15) is 0 Å². The Morgan fingerprint density at radius 1 is 0.262 bits per heavy atom. The third kappa shape index (κ3) is 24.8. The lowest BCUT2D eigenvalue weighted by molar-refractivity contribution is -0.128. The maximum Gasteiger partial charge on any atom is 0.338 e. The van der Waals surface area contributed by atoms with E-state index in [9.17, 15) is 80.5 Å². The lowest BCUT2D eigenvalue weighted by atomic mass is 10.0. The molecule has 84 heavy (non-hydrogen) atoms. The molecule has 32 nitrogen and oxygen atoms in total. The van der Waals surface area contributed by atoms with Gasteiger partial charge in [0.1, 0.15) is 96.2 Å². The van der Waals surface area contributed by atoms with Gasteiger partial charge in [0.25, 0.3) is 0 Å².